The van der Waals surface area contributed by atoms with Crippen LogP contribution >= 0.6 is 0 Å². The lowest BCUT2D eigenvalue weighted by molar-refractivity contribution is -0.159. The molecule has 6 nitrogen and oxygen atoms in total. The van der Waals surface area contributed by atoms with E-state index >= 15 is 0 Å². The van der Waals surface area contributed by atoms with E-state index in [4.69, 9.17) is 25.5 Å². The van der Waals surface area contributed by atoms with E-state index in [9.17, 15) is 18.0 Å². The van der Waals surface area contributed by atoms with Crippen molar-refractivity contribution >= 4 is 17.8 Å². The van der Waals surface area contributed by atoms with E-state index in [-0.39, 0.29) is 5.56 Å². The maximum Gasteiger partial charge on any atom is 0.416 e. The zero-order valence-electron chi connectivity index (χ0n) is 9.14. The molecule has 4 N–H and O–H groups in total. The number of hydrogen-bond acceptors (Lipinski definition) is 3. The number of hydrogen-bond donors (Lipinski definition) is 3. The van der Waals surface area contributed by atoms with Crippen LogP contribution in [0.25, 0.3) is 0 Å². The molecule has 0 atom stereocenters. The summed E-state index contributed by atoms with van der Waals surface area (Å²) in [4.78, 5) is 28.7. The lowest BCUT2D eigenvalue weighted by Crippen LogP contribution is -2.11. The van der Waals surface area contributed by atoms with Gasteiger partial charge in [0, 0.05) is 5.56 Å². The summed E-state index contributed by atoms with van der Waals surface area (Å²) < 4.78 is 36.0. The highest BCUT2D eigenvalue weighted by Crippen LogP contribution is 2.28. The minimum Gasteiger partial charge on any atom is -0.473 e. The van der Waals surface area contributed by atoms with Crippen LogP contribution in [0.3, 0.4) is 0 Å². The fourth-order valence-corrected chi connectivity index (χ4v) is 0.823. The zero-order valence-corrected chi connectivity index (χ0v) is 9.14. The third-order valence-corrected chi connectivity index (χ3v) is 1.68. The topological polar surface area (TPSA) is 118 Å². The summed E-state index contributed by atoms with van der Waals surface area (Å²) in [7, 11) is 0. The Hall–Kier alpha value is -2.58. The van der Waals surface area contributed by atoms with E-state index in [1.54, 1.807) is 0 Å². The van der Waals surface area contributed by atoms with Crippen LogP contribution in [0, 0.1) is 0 Å². The van der Waals surface area contributed by atoms with Crippen LogP contribution in [0.1, 0.15) is 15.9 Å². The first kappa shape index (κ1) is 16.4. The number of primary amides is 1. The maximum absolute atomic E-state index is 12.0. The van der Waals surface area contributed by atoms with Gasteiger partial charge in [-0.25, -0.2) is 9.59 Å². The molecule has 0 heterocycles. The van der Waals surface area contributed by atoms with Crippen molar-refractivity contribution in [3.05, 3.63) is 35.4 Å². The molecule has 0 fully saturated rings. The number of halogens is 3. The summed E-state index contributed by atoms with van der Waals surface area (Å²) in [6, 6.07) is 3.73. The largest absolute Gasteiger partial charge is 0.473 e. The highest BCUT2D eigenvalue weighted by atomic mass is 19.4. The fourth-order valence-electron chi connectivity index (χ4n) is 0.823. The van der Waals surface area contributed by atoms with E-state index < -0.39 is 29.6 Å². The van der Waals surface area contributed by atoms with Gasteiger partial charge < -0.3 is 15.9 Å². The van der Waals surface area contributed by atoms with Crippen molar-refractivity contribution in [1.29, 1.82) is 0 Å². The second kappa shape index (κ2) is 6.38. The molecule has 0 spiro atoms. The Bertz CT molecular complexity index is 469. The predicted octanol–water partition coefficient (Wildman–Crippen LogP) is 0.960. The van der Waals surface area contributed by atoms with Crippen molar-refractivity contribution in [3.8, 4) is 0 Å². The summed E-state index contributed by atoms with van der Waals surface area (Å²) >= 11 is 0. The molecule has 0 radical (unpaired) electrons. The number of carboxylic acids is 2. The van der Waals surface area contributed by atoms with E-state index in [0.29, 0.717) is 0 Å². The molecule has 0 saturated carbocycles. The Morgan fingerprint density at radius 3 is 1.53 bits per heavy atom. The number of amides is 1. The van der Waals surface area contributed by atoms with Gasteiger partial charge in [0.05, 0.1) is 5.56 Å². The first-order chi connectivity index (χ1) is 8.55. The molecule has 104 valence electrons. The molecule has 0 unspecified atom stereocenters. The van der Waals surface area contributed by atoms with E-state index in [0.717, 1.165) is 24.3 Å². The molecule has 0 bridgehead atoms. The zero-order chi connectivity index (χ0) is 15.2. The molecule has 0 aliphatic rings. The molecule has 0 saturated heterocycles. The Morgan fingerprint density at radius 1 is 0.947 bits per heavy atom. The number of aliphatic carboxylic acids is 2. The summed E-state index contributed by atoms with van der Waals surface area (Å²) in [6.07, 6.45) is -4.38. The third kappa shape index (κ3) is 6.05. The molecule has 0 aliphatic carbocycles. The fraction of sp³-hybridized carbons (Fsp3) is 0.100. The Labute approximate surface area is 104 Å². The second-order valence-electron chi connectivity index (χ2n) is 3.05. The maximum atomic E-state index is 12.0. The average Bonchev–Trinajstić information content (AvgIpc) is 2.28. The normalized spacial score (nSPS) is 10.1. The number of alkyl halides is 3. The molecule has 1 aromatic carbocycles. The highest BCUT2D eigenvalue weighted by Gasteiger charge is 2.30. The molecule has 0 aromatic heterocycles. The lowest BCUT2D eigenvalue weighted by atomic mass is 10.1. The van der Waals surface area contributed by atoms with Crippen molar-refractivity contribution in [2.75, 3.05) is 0 Å². The van der Waals surface area contributed by atoms with Crippen LogP contribution in [-0.4, -0.2) is 28.1 Å². The lowest BCUT2D eigenvalue weighted by Gasteiger charge is -2.05. The number of nitrogens with two attached hydrogens (primary N) is 1. The number of rotatable bonds is 1. The van der Waals surface area contributed by atoms with Gasteiger partial charge in [0.2, 0.25) is 5.91 Å². The van der Waals surface area contributed by atoms with Gasteiger partial charge in [-0.2, -0.15) is 13.2 Å². The quantitative estimate of drug-likeness (QED) is 0.662. The molecule has 1 aromatic rings. The summed E-state index contributed by atoms with van der Waals surface area (Å²) in [5, 5.41) is 14.8. The standard InChI is InChI=1S/C8H6F3NO.C2H2O4/c9-8(10,11)6-3-1-5(2-4-6)7(12)13;3-1(4)2(5)6/h1-4H,(H2,12,13);(H,3,4)(H,5,6). The van der Waals surface area contributed by atoms with Gasteiger partial charge in [0.1, 0.15) is 0 Å². The van der Waals surface area contributed by atoms with Crippen LogP contribution in [0.2, 0.25) is 0 Å². The molecule has 0 aliphatic heterocycles. The molecule has 19 heavy (non-hydrogen) atoms. The van der Waals surface area contributed by atoms with E-state index in [1.807, 2.05) is 0 Å². The van der Waals surface area contributed by atoms with Crippen molar-refractivity contribution in [3.63, 3.8) is 0 Å². The average molecular weight is 279 g/mol. The third-order valence-electron chi connectivity index (χ3n) is 1.68. The summed E-state index contributed by atoms with van der Waals surface area (Å²) in [5.74, 6) is -4.39. The van der Waals surface area contributed by atoms with E-state index in [1.165, 1.54) is 0 Å². The summed E-state index contributed by atoms with van der Waals surface area (Å²) in [6.45, 7) is 0. The van der Waals surface area contributed by atoms with Crippen molar-refractivity contribution < 1.29 is 37.8 Å². The first-order valence-electron chi connectivity index (χ1n) is 4.49. The van der Waals surface area contributed by atoms with Gasteiger partial charge in [-0.3, -0.25) is 4.79 Å². The van der Waals surface area contributed by atoms with Gasteiger partial charge in [0.25, 0.3) is 0 Å². The van der Waals surface area contributed by atoms with Gasteiger partial charge in [-0.1, -0.05) is 0 Å². The van der Waals surface area contributed by atoms with Gasteiger partial charge in [-0.15, -0.1) is 0 Å². The Kier molecular flexibility index (Phi) is 5.51. The molecular weight excluding hydrogens is 271 g/mol. The van der Waals surface area contributed by atoms with Crippen molar-refractivity contribution in [2.24, 2.45) is 5.73 Å². The highest BCUT2D eigenvalue weighted by molar-refractivity contribution is 6.27. The number of benzene rings is 1. The van der Waals surface area contributed by atoms with Gasteiger partial charge in [-0.05, 0) is 24.3 Å². The van der Waals surface area contributed by atoms with Crippen molar-refractivity contribution in [2.45, 2.75) is 6.18 Å². The van der Waals surface area contributed by atoms with Crippen LogP contribution in [0.4, 0.5) is 13.2 Å². The smallest absolute Gasteiger partial charge is 0.416 e. The number of carboxylic acid groups (broad SMARTS) is 2. The van der Waals surface area contributed by atoms with Crippen LogP contribution in [0.5, 0.6) is 0 Å². The summed E-state index contributed by atoms with van der Waals surface area (Å²) in [5.41, 5.74) is 4.12. The van der Waals surface area contributed by atoms with Crippen LogP contribution in [0.15, 0.2) is 24.3 Å². The van der Waals surface area contributed by atoms with Crippen LogP contribution in [-0.2, 0) is 15.8 Å². The molecule has 9 heteroatoms. The van der Waals surface area contributed by atoms with Gasteiger partial charge >= 0.3 is 18.1 Å². The molecule has 1 amide bonds. The van der Waals surface area contributed by atoms with Crippen molar-refractivity contribution in [1.82, 2.24) is 0 Å². The Balaban J connectivity index is 0.000000459. The minimum atomic E-state index is -4.38. The molecule has 1 rings (SSSR count). The van der Waals surface area contributed by atoms with E-state index in [2.05, 4.69) is 0 Å². The van der Waals surface area contributed by atoms with Crippen LogP contribution < -0.4 is 5.73 Å². The minimum absolute atomic E-state index is 0.0630. The number of carbonyl (C=O) groups excluding carboxylic acids is 1. The van der Waals surface area contributed by atoms with Gasteiger partial charge in [0.15, 0.2) is 0 Å². The number of carbonyl (C=O) groups is 3. The Morgan fingerprint density at radius 2 is 1.32 bits per heavy atom. The predicted molar refractivity (Wildman–Crippen MR) is 55.2 cm³/mol. The molecular formula is C10H8F3NO5. The monoisotopic (exact) mass is 279 g/mol. The second-order valence-corrected chi connectivity index (χ2v) is 3.05. The first-order valence-corrected chi connectivity index (χ1v) is 4.49. The SMILES string of the molecule is NC(=O)c1ccc(C(F)(F)F)cc1.O=C(O)C(=O)O.